The molecule has 0 saturated carbocycles. The van der Waals surface area contributed by atoms with Crippen molar-refractivity contribution in [1.82, 2.24) is 24.7 Å². The van der Waals surface area contributed by atoms with Gasteiger partial charge in [0.25, 0.3) is 0 Å². The second-order valence-corrected chi connectivity index (χ2v) is 7.86. The Hall–Kier alpha value is -1.74. The molecule has 0 amide bonds. The van der Waals surface area contributed by atoms with Gasteiger partial charge in [0.2, 0.25) is 0 Å². The highest BCUT2D eigenvalue weighted by molar-refractivity contribution is 9.10. The van der Waals surface area contributed by atoms with E-state index in [0.717, 1.165) is 58.5 Å². The number of halogens is 1. The molecule has 9 heteroatoms. The van der Waals surface area contributed by atoms with Crippen molar-refractivity contribution in [3.05, 3.63) is 21.5 Å². The molecule has 24 heavy (non-hydrogen) atoms. The number of piperazine rings is 1. The van der Waals surface area contributed by atoms with Crippen molar-refractivity contribution in [2.45, 2.75) is 13.8 Å². The Labute approximate surface area is 152 Å². The Morgan fingerprint density at radius 2 is 1.79 bits per heavy atom. The first-order valence-electron chi connectivity index (χ1n) is 7.81. The summed E-state index contributed by atoms with van der Waals surface area (Å²) < 4.78 is 2.58. The molecule has 0 N–H and O–H groups in total. The Bertz CT molecular complexity index is 875. The van der Waals surface area contributed by atoms with E-state index in [1.54, 1.807) is 22.3 Å². The van der Waals surface area contributed by atoms with Gasteiger partial charge in [-0.15, -0.1) is 11.3 Å². The zero-order valence-corrected chi connectivity index (χ0v) is 16.2. The van der Waals surface area contributed by atoms with E-state index in [1.807, 2.05) is 7.05 Å². The van der Waals surface area contributed by atoms with E-state index in [9.17, 15) is 0 Å². The van der Waals surface area contributed by atoms with Crippen LogP contribution in [0.15, 0.2) is 10.9 Å². The van der Waals surface area contributed by atoms with Crippen LogP contribution in [-0.4, -0.2) is 50.9 Å². The van der Waals surface area contributed by atoms with Crippen LogP contribution in [0.5, 0.6) is 0 Å². The van der Waals surface area contributed by atoms with Crippen LogP contribution in [0.25, 0.3) is 11.0 Å². The second kappa shape index (κ2) is 5.96. The van der Waals surface area contributed by atoms with E-state index >= 15 is 0 Å². The summed E-state index contributed by atoms with van der Waals surface area (Å²) in [6.45, 7) is 7.90. The predicted molar refractivity (Wildman–Crippen MR) is 100 cm³/mol. The zero-order valence-electron chi connectivity index (χ0n) is 13.8. The third kappa shape index (κ3) is 2.55. The fraction of sp³-hybridized carbons (Fsp3) is 0.467. The Kier molecular flexibility index (Phi) is 3.92. The Balaban J connectivity index is 1.58. The van der Waals surface area contributed by atoms with E-state index in [4.69, 9.17) is 0 Å². The maximum absolute atomic E-state index is 4.68. The van der Waals surface area contributed by atoms with Crippen LogP contribution < -0.4 is 9.80 Å². The van der Waals surface area contributed by atoms with Gasteiger partial charge in [0, 0.05) is 38.1 Å². The molecule has 7 nitrogen and oxygen atoms in total. The lowest BCUT2D eigenvalue weighted by atomic mass is 10.3. The first kappa shape index (κ1) is 15.8. The SMILES string of the molecule is Cc1nc(N2CCN(c3ncnc4c3c(Br)nn4C)CC2)sc1C. The lowest BCUT2D eigenvalue weighted by molar-refractivity contribution is 0.647. The molecule has 0 radical (unpaired) electrons. The van der Waals surface area contributed by atoms with Gasteiger partial charge in [-0.05, 0) is 29.8 Å². The number of fused-ring (bicyclic) bond motifs is 1. The molecule has 0 aromatic carbocycles. The van der Waals surface area contributed by atoms with Crippen LogP contribution in [0.4, 0.5) is 10.9 Å². The summed E-state index contributed by atoms with van der Waals surface area (Å²) in [5.74, 6) is 0.950. The molecule has 1 saturated heterocycles. The Morgan fingerprint density at radius 1 is 1.08 bits per heavy atom. The maximum Gasteiger partial charge on any atom is 0.185 e. The lowest BCUT2D eigenvalue weighted by Gasteiger charge is -2.35. The molecule has 1 aliphatic rings. The van der Waals surface area contributed by atoms with Crippen molar-refractivity contribution < 1.29 is 0 Å². The normalized spacial score (nSPS) is 15.5. The molecule has 3 aromatic heterocycles. The molecule has 4 rings (SSSR count). The largest absolute Gasteiger partial charge is 0.352 e. The molecule has 4 heterocycles. The van der Waals surface area contributed by atoms with Gasteiger partial charge in [0.15, 0.2) is 10.8 Å². The van der Waals surface area contributed by atoms with Crippen molar-refractivity contribution in [3.63, 3.8) is 0 Å². The van der Waals surface area contributed by atoms with Crippen LogP contribution in [0, 0.1) is 13.8 Å². The van der Waals surface area contributed by atoms with Crippen LogP contribution >= 0.6 is 27.3 Å². The van der Waals surface area contributed by atoms with E-state index in [0.29, 0.717) is 0 Å². The molecule has 1 fully saturated rings. The number of aryl methyl sites for hydroxylation is 3. The van der Waals surface area contributed by atoms with Gasteiger partial charge in [-0.3, -0.25) is 0 Å². The van der Waals surface area contributed by atoms with Crippen LogP contribution in [0.3, 0.4) is 0 Å². The van der Waals surface area contributed by atoms with Gasteiger partial charge < -0.3 is 9.80 Å². The van der Waals surface area contributed by atoms with Crippen molar-refractivity contribution in [3.8, 4) is 0 Å². The number of aromatic nitrogens is 5. The molecule has 0 aliphatic carbocycles. The van der Waals surface area contributed by atoms with Crippen molar-refractivity contribution in [2.75, 3.05) is 36.0 Å². The van der Waals surface area contributed by atoms with E-state index < -0.39 is 0 Å². The first-order valence-corrected chi connectivity index (χ1v) is 9.42. The summed E-state index contributed by atoms with van der Waals surface area (Å²) in [7, 11) is 1.90. The highest BCUT2D eigenvalue weighted by Crippen LogP contribution is 2.31. The van der Waals surface area contributed by atoms with Gasteiger partial charge >= 0.3 is 0 Å². The summed E-state index contributed by atoms with van der Waals surface area (Å²) in [6.07, 6.45) is 1.62. The number of rotatable bonds is 2. The van der Waals surface area contributed by atoms with E-state index in [-0.39, 0.29) is 0 Å². The molecule has 126 valence electrons. The summed E-state index contributed by atoms with van der Waals surface area (Å²) in [5, 5.41) is 6.51. The highest BCUT2D eigenvalue weighted by atomic mass is 79.9. The fourth-order valence-corrected chi connectivity index (χ4v) is 4.52. The van der Waals surface area contributed by atoms with Gasteiger partial charge in [0.05, 0.1) is 11.1 Å². The minimum absolute atomic E-state index is 0.796. The summed E-state index contributed by atoms with van der Waals surface area (Å²) >= 11 is 5.31. The predicted octanol–water partition coefficient (Wildman–Crippen LogP) is 2.53. The zero-order chi connectivity index (χ0) is 16.8. The minimum Gasteiger partial charge on any atom is -0.352 e. The van der Waals surface area contributed by atoms with Gasteiger partial charge in [0.1, 0.15) is 16.7 Å². The smallest absolute Gasteiger partial charge is 0.185 e. The van der Waals surface area contributed by atoms with Crippen molar-refractivity contribution in [1.29, 1.82) is 0 Å². The monoisotopic (exact) mass is 407 g/mol. The molecular weight excluding hydrogens is 390 g/mol. The van der Waals surface area contributed by atoms with Crippen LogP contribution in [0.1, 0.15) is 10.6 Å². The number of thiazole rings is 1. The first-order chi connectivity index (χ1) is 11.5. The van der Waals surface area contributed by atoms with Crippen molar-refractivity contribution >= 4 is 49.2 Å². The van der Waals surface area contributed by atoms with Gasteiger partial charge in [-0.2, -0.15) is 5.10 Å². The molecule has 1 aliphatic heterocycles. The average molecular weight is 408 g/mol. The van der Waals surface area contributed by atoms with E-state index in [2.05, 4.69) is 59.6 Å². The summed E-state index contributed by atoms with van der Waals surface area (Å²) in [4.78, 5) is 19.5. The van der Waals surface area contributed by atoms with Crippen LogP contribution in [0.2, 0.25) is 0 Å². The number of hydrogen-bond donors (Lipinski definition) is 0. The van der Waals surface area contributed by atoms with Gasteiger partial charge in [-0.25, -0.2) is 19.6 Å². The molecule has 3 aromatic rings. The quantitative estimate of drug-likeness (QED) is 0.650. The standard InChI is InChI=1S/C15H18BrN7S/c1-9-10(2)24-15(19-9)23-6-4-22(5-7-23)14-11-12(16)20-21(3)13(11)17-8-18-14/h8H,4-7H2,1-3H3. The highest BCUT2D eigenvalue weighted by Gasteiger charge is 2.24. The molecule has 0 unspecified atom stereocenters. The number of nitrogens with zero attached hydrogens (tertiary/aromatic N) is 7. The number of anilines is 2. The summed E-state index contributed by atoms with van der Waals surface area (Å²) in [5.41, 5.74) is 1.98. The Morgan fingerprint density at radius 3 is 2.46 bits per heavy atom. The van der Waals surface area contributed by atoms with Crippen molar-refractivity contribution in [2.24, 2.45) is 7.05 Å². The lowest BCUT2D eigenvalue weighted by Crippen LogP contribution is -2.46. The molecule has 0 spiro atoms. The fourth-order valence-electron chi connectivity index (χ4n) is 2.97. The average Bonchev–Trinajstić information content (AvgIpc) is 3.07. The maximum atomic E-state index is 4.68. The third-order valence-electron chi connectivity index (χ3n) is 4.42. The molecular formula is C15H18BrN7S. The third-order valence-corrected chi connectivity index (χ3v) is 6.11. The van der Waals surface area contributed by atoms with Crippen LogP contribution in [-0.2, 0) is 7.05 Å². The molecule has 0 bridgehead atoms. The minimum atomic E-state index is 0.796. The van der Waals surface area contributed by atoms with Gasteiger partial charge in [-0.1, -0.05) is 0 Å². The number of hydrogen-bond acceptors (Lipinski definition) is 7. The second-order valence-electron chi connectivity index (χ2n) is 5.92. The topological polar surface area (TPSA) is 63.0 Å². The summed E-state index contributed by atoms with van der Waals surface area (Å²) in [6, 6.07) is 0. The molecule has 0 atom stereocenters. The van der Waals surface area contributed by atoms with E-state index in [1.165, 1.54) is 4.88 Å².